The van der Waals surface area contributed by atoms with Crippen LogP contribution < -0.4 is 5.32 Å². The Labute approximate surface area is 137 Å². The van der Waals surface area contributed by atoms with E-state index in [1.165, 1.54) is 0 Å². The molecule has 1 N–H and O–H groups in total. The summed E-state index contributed by atoms with van der Waals surface area (Å²) in [4.78, 5) is 24.0. The molecular weight excluding hydrogens is 346 g/mol. The molecule has 0 aliphatic carbocycles. The van der Waals surface area contributed by atoms with E-state index in [-0.39, 0.29) is 5.91 Å². The molecule has 1 amide bonds. The second kappa shape index (κ2) is 7.22. The van der Waals surface area contributed by atoms with Gasteiger partial charge in [-0.15, -0.1) is 0 Å². The number of ether oxygens (including phenoxy) is 1. The van der Waals surface area contributed by atoms with Crippen LogP contribution in [0.1, 0.15) is 22.8 Å². The smallest absolute Gasteiger partial charge is 0.338 e. The van der Waals surface area contributed by atoms with Gasteiger partial charge in [0.15, 0.2) is 6.10 Å². The predicted octanol–water partition coefficient (Wildman–Crippen LogP) is 3.94. The Balaban J connectivity index is 1.94. The molecule has 0 aliphatic heterocycles. The lowest BCUT2D eigenvalue weighted by atomic mass is 10.2. The highest BCUT2D eigenvalue weighted by atomic mass is 79.9. The third-order valence-corrected chi connectivity index (χ3v) is 3.58. The van der Waals surface area contributed by atoms with Crippen molar-refractivity contribution in [3.8, 4) is 0 Å². The number of hydrogen-bond acceptors (Lipinski definition) is 3. The SMILES string of the molecule is Cc1ccc(NC(=O)[C@@H](C)OC(=O)c2ccc(Br)cc2)cc1. The zero-order valence-electron chi connectivity index (χ0n) is 12.3. The van der Waals surface area contributed by atoms with E-state index < -0.39 is 12.1 Å². The standard InChI is InChI=1S/C17H16BrNO3/c1-11-3-9-15(10-4-11)19-16(20)12(2)22-17(21)13-5-7-14(18)8-6-13/h3-10,12H,1-2H3,(H,19,20)/t12-/m1/s1. The van der Waals surface area contributed by atoms with E-state index >= 15 is 0 Å². The molecule has 22 heavy (non-hydrogen) atoms. The maximum absolute atomic E-state index is 12.0. The number of aryl methyl sites for hydroxylation is 1. The summed E-state index contributed by atoms with van der Waals surface area (Å²) in [5.41, 5.74) is 2.17. The maximum Gasteiger partial charge on any atom is 0.338 e. The van der Waals surface area contributed by atoms with Crippen molar-refractivity contribution in [2.45, 2.75) is 20.0 Å². The van der Waals surface area contributed by atoms with Crippen molar-refractivity contribution in [3.63, 3.8) is 0 Å². The van der Waals surface area contributed by atoms with Crippen LogP contribution in [0, 0.1) is 6.92 Å². The van der Waals surface area contributed by atoms with Gasteiger partial charge >= 0.3 is 5.97 Å². The third kappa shape index (κ3) is 4.43. The van der Waals surface area contributed by atoms with E-state index in [2.05, 4.69) is 21.2 Å². The second-order valence-corrected chi connectivity index (χ2v) is 5.83. The molecule has 2 aromatic carbocycles. The molecule has 0 spiro atoms. The summed E-state index contributed by atoms with van der Waals surface area (Å²) < 4.78 is 6.04. The fraction of sp³-hybridized carbons (Fsp3) is 0.176. The van der Waals surface area contributed by atoms with Crippen molar-refractivity contribution in [1.29, 1.82) is 0 Å². The van der Waals surface area contributed by atoms with E-state index in [1.54, 1.807) is 43.3 Å². The fourth-order valence-corrected chi connectivity index (χ4v) is 2.01. The average Bonchev–Trinajstić information content (AvgIpc) is 2.50. The Morgan fingerprint density at radius 3 is 2.23 bits per heavy atom. The van der Waals surface area contributed by atoms with Gasteiger partial charge in [-0.2, -0.15) is 0 Å². The van der Waals surface area contributed by atoms with Gasteiger partial charge in [0.1, 0.15) is 0 Å². The first-order chi connectivity index (χ1) is 10.5. The van der Waals surface area contributed by atoms with Crippen molar-refractivity contribution in [2.75, 3.05) is 5.32 Å². The number of nitrogens with one attached hydrogen (secondary N) is 1. The molecule has 0 radical (unpaired) electrons. The summed E-state index contributed by atoms with van der Waals surface area (Å²) in [5.74, 6) is -0.895. The van der Waals surface area contributed by atoms with Gasteiger partial charge in [-0.25, -0.2) is 4.79 Å². The van der Waals surface area contributed by atoms with E-state index in [1.807, 2.05) is 19.1 Å². The molecule has 0 aliphatic rings. The number of benzene rings is 2. The first-order valence-corrected chi connectivity index (χ1v) is 7.59. The van der Waals surface area contributed by atoms with Gasteiger partial charge in [-0.1, -0.05) is 33.6 Å². The molecule has 1 atom stereocenters. The van der Waals surface area contributed by atoms with Crippen molar-refractivity contribution in [2.24, 2.45) is 0 Å². The Hall–Kier alpha value is -2.14. The number of hydrogen-bond donors (Lipinski definition) is 1. The minimum atomic E-state index is -0.877. The Morgan fingerprint density at radius 2 is 1.64 bits per heavy atom. The minimum absolute atomic E-state index is 0.366. The van der Waals surface area contributed by atoms with Crippen LogP contribution in [0.3, 0.4) is 0 Å². The van der Waals surface area contributed by atoms with E-state index in [4.69, 9.17) is 4.74 Å². The molecule has 2 rings (SSSR count). The molecule has 0 heterocycles. The van der Waals surface area contributed by atoms with Crippen LogP contribution in [-0.4, -0.2) is 18.0 Å². The van der Waals surface area contributed by atoms with Gasteiger partial charge in [0.05, 0.1) is 5.56 Å². The number of carbonyl (C=O) groups excluding carboxylic acids is 2. The van der Waals surface area contributed by atoms with Crippen LogP contribution in [0.15, 0.2) is 53.0 Å². The van der Waals surface area contributed by atoms with Gasteiger partial charge in [0, 0.05) is 10.2 Å². The quantitative estimate of drug-likeness (QED) is 0.839. The first-order valence-electron chi connectivity index (χ1n) is 6.80. The van der Waals surface area contributed by atoms with Gasteiger partial charge < -0.3 is 10.1 Å². The Bertz CT molecular complexity index is 665. The van der Waals surface area contributed by atoms with Gasteiger partial charge in [0.2, 0.25) is 0 Å². The Morgan fingerprint density at radius 1 is 1.05 bits per heavy atom. The molecule has 0 unspecified atom stereocenters. The summed E-state index contributed by atoms with van der Waals surface area (Å²) in [6.07, 6.45) is -0.877. The number of carbonyl (C=O) groups is 2. The number of amides is 1. The van der Waals surface area contributed by atoms with E-state index in [0.29, 0.717) is 11.3 Å². The molecule has 0 saturated heterocycles. The number of halogens is 1. The zero-order valence-corrected chi connectivity index (χ0v) is 13.9. The van der Waals surface area contributed by atoms with Crippen LogP contribution in [0.4, 0.5) is 5.69 Å². The van der Waals surface area contributed by atoms with Crippen LogP contribution in [-0.2, 0) is 9.53 Å². The molecule has 5 heteroatoms. The monoisotopic (exact) mass is 361 g/mol. The van der Waals surface area contributed by atoms with Crippen LogP contribution in [0.5, 0.6) is 0 Å². The largest absolute Gasteiger partial charge is 0.449 e. The highest BCUT2D eigenvalue weighted by Gasteiger charge is 2.18. The molecular formula is C17H16BrNO3. The number of rotatable bonds is 4. The summed E-state index contributed by atoms with van der Waals surface area (Å²) in [6.45, 7) is 3.51. The molecule has 0 aromatic heterocycles. The van der Waals surface area contributed by atoms with Gasteiger partial charge in [0.25, 0.3) is 5.91 Å². The van der Waals surface area contributed by atoms with Crippen molar-refractivity contribution >= 4 is 33.5 Å². The summed E-state index contributed by atoms with van der Waals surface area (Å²) in [6, 6.07) is 14.2. The highest BCUT2D eigenvalue weighted by Crippen LogP contribution is 2.13. The lowest BCUT2D eigenvalue weighted by Gasteiger charge is -2.13. The molecule has 0 saturated carbocycles. The zero-order chi connectivity index (χ0) is 16.1. The lowest BCUT2D eigenvalue weighted by Crippen LogP contribution is -2.29. The summed E-state index contributed by atoms with van der Waals surface area (Å²) >= 11 is 3.29. The first kappa shape index (κ1) is 16.2. The minimum Gasteiger partial charge on any atom is -0.449 e. The second-order valence-electron chi connectivity index (χ2n) is 4.91. The highest BCUT2D eigenvalue weighted by molar-refractivity contribution is 9.10. The molecule has 114 valence electrons. The number of anilines is 1. The molecule has 0 bridgehead atoms. The lowest BCUT2D eigenvalue weighted by molar-refractivity contribution is -0.123. The van der Waals surface area contributed by atoms with E-state index in [9.17, 15) is 9.59 Å². The molecule has 4 nitrogen and oxygen atoms in total. The summed E-state index contributed by atoms with van der Waals surface area (Å²) in [5, 5.41) is 2.71. The Kier molecular flexibility index (Phi) is 5.33. The third-order valence-electron chi connectivity index (χ3n) is 3.05. The van der Waals surface area contributed by atoms with Gasteiger partial charge in [-0.05, 0) is 50.2 Å². The molecule has 0 fully saturated rings. The molecule has 2 aromatic rings. The number of esters is 1. The predicted molar refractivity (Wildman–Crippen MR) is 88.8 cm³/mol. The van der Waals surface area contributed by atoms with Crippen molar-refractivity contribution in [3.05, 3.63) is 64.1 Å². The fourth-order valence-electron chi connectivity index (χ4n) is 1.75. The van der Waals surface area contributed by atoms with Crippen molar-refractivity contribution in [1.82, 2.24) is 0 Å². The maximum atomic E-state index is 12.0. The topological polar surface area (TPSA) is 55.4 Å². The summed E-state index contributed by atoms with van der Waals surface area (Å²) in [7, 11) is 0. The van der Waals surface area contributed by atoms with Crippen molar-refractivity contribution < 1.29 is 14.3 Å². The normalized spacial score (nSPS) is 11.6. The van der Waals surface area contributed by atoms with Crippen LogP contribution >= 0.6 is 15.9 Å². The van der Waals surface area contributed by atoms with Gasteiger partial charge in [-0.3, -0.25) is 4.79 Å². The van der Waals surface area contributed by atoms with Crippen LogP contribution in [0.25, 0.3) is 0 Å². The average molecular weight is 362 g/mol. The van der Waals surface area contributed by atoms with Crippen LogP contribution in [0.2, 0.25) is 0 Å². The van der Waals surface area contributed by atoms with E-state index in [0.717, 1.165) is 10.0 Å².